The summed E-state index contributed by atoms with van der Waals surface area (Å²) >= 11 is 6.45. The summed E-state index contributed by atoms with van der Waals surface area (Å²) in [5, 5.41) is 14.4. The Labute approximate surface area is 201 Å². The van der Waals surface area contributed by atoms with Gasteiger partial charge in [0.1, 0.15) is 11.4 Å². The van der Waals surface area contributed by atoms with Gasteiger partial charge in [-0.05, 0) is 30.0 Å². The second-order valence-electron chi connectivity index (χ2n) is 8.60. The van der Waals surface area contributed by atoms with Crippen molar-refractivity contribution in [2.24, 2.45) is 0 Å². The maximum absolute atomic E-state index is 12.5. The Morgan fingerprint density at radius 2 is 1.82 bits per heavy atom. The predicted molar refractivity (Wildman–Crippen MR) is 134 cm³/mol. The third kappa shape index (κ3) is 6.46. The number of carbonyl (C=O) groups is 1. The number of nitrogens with zero attached hydrogens (tertiary/aromatic N) is 2. The molecule has 176 valence electrons. The van der Waals surface area contributed by atoms with Gasteiger partial charge in [0.15, 0.2) is 0 Å². The number of imidazole rings is 1. The van der Waals surface area contributed by atoms with E-state index in [9.17, 15) is 9.90 Å². The molecule has 0 radical (unpaired) electrons. The van der Waals surface area contributed by atoms with Crippen molar-refractivity contribution in [3.63, 3.8) is 0 Å². The molecule has 33 heavy (non-hydrogen) atoms. The van der Waals surface area contributed by atoms with Crippen LogP contribution < -0.4 is 5.32 Å². The monoisotopic (exact) mass is 467 g/mol. The van der Waals surface area contributed by atoms with Gasteiger partial charge in [0.2, 0.25) is 0 Å². The number of aliphatic carboxylic acids is 1. The van der Waals surface area contributed by atoms with Crippen LogP contribution in [0.1, 0.15) is 62.2 Å². The van der Waals surface area contributed by atoms with Gasteiger partial charge in [-0.25, -0.2) is 4.98 Å². The molecule has 0 saturated carbocycles. The summed E-state index contributed by atoms with van der Waals surface area (Å²) in [5.74, 6) is 0.185. The van der Waals surface area contributed by atoms with E-state index in [1.54, 1.807) is 0 Å². The molecule has 0 aliphatic heterocycles. The molecule has 6 heteroatoms. The van der Waals surface area contributed by atoms with Gasteiger partial charge in [0, 0.05) is 30.6 Å². The second-order valence-corrected chi connectivity index (χ2v) is 9.01. The first-order valence-electron chi connectivity index (χ1n) is 11.8. The van der Waals surface area contributed by atoms with Crippen LogP contribution in [-0.2, 0) is 30.7 Å². The highest BCUT2D eigenvalue weighted by atomic mass is 35.5. The number of carboxylic acid groups (broad SMARTS) is 1. The minimum atomic E-state index is -1.04. The van der Waals surface area contributed by atoms with Crippen LogP contribution in [-0.4, -0.2) is 26.2 Å². The maximum Gasteiger partial charge on any atom is 0.324 e. The van der Waals surface area contributed by atoms with Crippen molar-refractivity contribution < 1.29 is 9.90 Å². The first-order chi connectivity index (χ1) is 16.0. The van der Waals surface area contributed by atoms with Crippen LogP contribution in [0.3, 0.4) is 0 Å². The summed E-state index contributed by atoms with van der Waals surface area (Å²) < 4.78 is 2.19. The zero-order valence-corrected chi connectivity index (χ0v) is 20.3. The Morgan fingerprint density at radius 3 is 2.48 bits per heavy atom. The number of unbranched alkanes of at least 4 members (excludes halogenated alkanes) is 1. The molecule has 2 N–H and O–H groups in total. The summed E-state index contributed by atoms with van der Waals surface area (Å²) in [6.07, 6.45) is 6.63. The molecule has 0 amide bonds. The van der Waals surface area contributed by atoms with Crippen LogP contribution in [0.2, 0.25) is 5.02 Å². The highest BCUT2D eigenvalue weighted by molar-refractivity contribution is 6.31. The van der Waals surface area contributed by atoms with E-state index in [2.05, 4.69) is 21.8 Å². The Kier molecular flexibility index (Phi) is 9.10. The molecule has 0 aliphatic rings. The number of benzene rings is 2. The molecule has 3 rings (SSSR count). The van der Waals surface area contributed by atoms with Gasteiger partial charge in [0.05, 0.1) is 12.2 Å². The van der Waals surface area contributed by atoms with Crippen molar-refractivity contribution in [1.29, 1.82) is 0 Å². The Bertz CT molecular complexity index is 1030. The van der Waals surface area contributed by atoms with Gasteiger partial charge in [-0.1, -0.05) is 86.8 Å². The first-order valence-corrected chi connectivity index (χ1v) is 12.2. The lowest BCUT2D eigenvalue weighted by Gasteiger charge is -2.31. The molecule has 5 nitrogen and oxygen atoms in total. The lowest BCUT2D eigenvalue weighted by molar-refractivity contribution is -0.145. The average Bonchev–Trinajstić information content (AvgIpc) is 3.19. The van der Waals surface area contributed by atoms with Crippen LogP contribution in [0.4, 0.5) is 0 Å². The number of aryl methyl sites for hydroxylation is 1. The van der Waals surface area contributed by atoms with Gasteiger partial charge in [0.25, 0.3) is 0 Å². The fourth-order valence-corrected chi connectivity index (χ4v) is 4.44. The lowest BCUT2D eigenvalue weighted by Crippen LogP contribution is -2.53. The average molecular weight is 468 g/mol. The van der Waals surface area contributed by atoms with Crippen molar-refractivity contribution in [1.82, 2.24) is 14.9 Å². The summed E-state index contributed by atoms with van der Waals surface area (Å²) in [6.45, 7) is 5.22. The maximum atomic E-state index is 12.5. The fraction of sp³-hybridized carbons (Fsp3) is 0.407. The van der Waals surface area contributed by atoms with Crippen LogP contribution in [0.25, 0.3) is 0 Å². The number of carboxylic acids is 1. The van der Waals surface area contributed by atoms with E-state index in [4.69, 9.17) is 11.6 Å². The van der Waals surface area contributed by atoms with E-state index in [1.807, 2.05) is 67.7 Å². The van der Waals surface area contributed by atoms with Crippen LogP contribution in [0.15, 0.2) is 60.8 Å². The van der Waals surface area contributed by atoms with E-state index in [0.717, 1.165) is 53.4 Å². The van der Waals surface area contributed by atoms with E-state index in [1.165, 1.54) is 0 Å². The summed E-state index contributed by atoms with van der Waals surface area (Å²) in [7, 11) is 0. The van der Waals surface area contributed by atoms with Crippen molar-refractivity contribution in [3.05, 3.63) is 88.5 Å². The minimum Gasteiger partial charge on any atom is -0.480 e. The van der Waals surface area contributed by atoms with Gasteiger partial charge >= 0.3 is 5.97 Å². The zero-order chi connectivity index (χ0) is 23.7. The molecule has 1 aromatic heterocycles. The fourth-order valence-electron chi connectivity index (χ4n) is 4.25. The molecule has 0 fully saturated rings. The molecule has 2 aromatic carbocycles. The molecule has 0 saturated heterocycles. The van der Waals surface area contributed by atoms with E-state index >= 15 is 0 Å². The standard InChI is InChI=1S/C27H34ClN3O2/c1-3-5-15-25-29-18-23(31(25)20-22-13-9-10-14-24(22)28)19-30-27(16-4-2,26(32)33)17-21-11-7-6-8-12-21/h6-14,18,30H,3-5,15-17,19-20H2,1-2H3,(H,32,33)/t27-/m0/s1. The minimum absolute atomic E-state index is 0.419. The third-order valence-corrected chi connectivity index (χ3v) is 6.47. The zero-order valence-electron chi connectivity index (χ0n) is 19.6. The highest BCUT2D eigenvalue weighted by Crippen LogP contribution is 2.23. The highest BCUT2D eigenvalue weighted by Gasteiger charge is 2.37. The van der Waals surface area contributed by atoms with Gasteiger partial charge in [-0.15, -0.1) is 0 Å². The quantitative estimate of drug-likeness (QED) is 0.329. The third-order valence-electron chi connectivity index (χ3n) is 6.10. The van der Waals surface area contributed by atoms with Gasteiger partial charge in [-0.3, -0.25) is 10.1 Å². The second kappa shape index (κ2) is 12.0. The summed E-state index contributed by atoms with van der Waals surface area (Å²) in [4.78, 5) is 17.2. The molecular weight excluding hydrogens is 434 g/mol. The SMILES string of the molecule is CCCCc1ncc(CN[C@@](CCC)(Cc2ccccc2)C(=O)O)n1Cc1ccccc1Cl. The number of aromatic nitrogens is 2. The van der Waals surface area contributed by atoms with Crippen molar-refractivity contribution in [2.45, 2.75) is 71.0 Å². The molecule has 0 unspecified atom stereocenters. The molecule has 1 atom stereocenters. The van der Waals surface area contributed by atoms with Gasteiger partial charge in [-0.2, -0.15) is 0 Å². The van der Waals surface area contributed by atoms with Gasteiger partial charge < -0.3 is 9.67 Å². The topological polar surface area (TPSA) is 67.2 Å². The van der Waals surface area contributed by atoms with E-state index in [0.29, 0.717) is 25.9 Å². The number of halogens is 1. The van der Waals surface area contributed by atoms with Crippen LogP contribution in [0, 0.1) is 0 Å². The molecule has 3 aromatic rings. The Hall–Kier alpha value is -2.63. The number of rotatable bonds is 13. The normalized spacial score (nSPS) is 13.1. The first kappa shape index (κ1) is 25.0. The van der Waals surface area contributed by atoms with Crippen LogP contribution in [0.5, 0.6) is 0 Å². The molecule has 0 aliphatic carbocycles. The summed E-state index contributed by atoms with van der Waals surface area (Å²) in [6, 6.07) is 17.7. The van der Waals surface area contributed by atoms with Crippen molar-refractivity contribution >= 4 is 17.6 Å². The number of hydrogen-bond donors (Lipinski definition) is 2. The molecule has 0 spiro atoms. The Morgan fingerprint density at radius 1 is 1.09 bits per heavy atom. The number of hydrogen-bond acceptors (Lipinski definition) is 3. The Balaban J connectivity index is 1.88. The molecule has 1 heterocycles. The molecular formula is C27H34ClN3O2. The molecule has 0 bridgehead atoms. The smallest absolute Gasteiger partial charge is 0.324 e. The van der Waals surface area contributed by atoms with Crippen LogP contribution >= 0.6 is 11.6 Å². The van der Waals surface area contributed by atoms with E-state index in [-0.39, 0.29) is 0 Å². The lowest BCUT2D eigenvalue weighted by atomic mass is 9.86. The predicted octanol–water partition coefficient (Wildman–Crippen LogP) is 5.88. The van der Waals surface area contributed by atoms with Crippen molar-refractivity contribution in [3.8, 4) is 0 Å². The number of nitrogens with one attached hydrogen (secondary N) is 1. The van der Waals surface area contributed by atoms with E-state index < -0.39 is 11.5 Å². The van der Waals surface area contributed by atoms with Crippen molar-refractivity contribution in [2.75, 3.05) is 0 Å². The summed E-state index contributed by atoms with van der Waals surface area (Å²) in [5.41, 5.74) is 1.96. The largest absolute Gasteiger partial charge is 0.480 e.